The zero-order chi connectivity index (χ0) is 16.1. The van der Waals surface area contributed by atoms with Gasteiger partial charge in [-0.1, -0.05) is 29.8 Å². The number of thiophene rings is 1. The lowest BCUT2D eigenvalue weighted by Crippen LogP contribution is -2.24. The van der Waals surface area contributed by atoms with E-state index >= 15 is 0 Å². The van der Waals surface area contributed by atoms with E-state index in [4.69, 9.17) is 16.3 Å². The van der Waals surface area contributed by atoms with Crippen LogP contribution in [0.5, 0.6) is 5.75 Å². The molecule has 3 rings (SSSR count). The number of aromatic nitrogens is 1. The Morgan fingerprint density at radius 1 is 1.30 bits per heavy atom. The lowest BCUT2D eigenvalue weighted by molar-refractivity contribution is -0.123. The van der Waals surface area contributed by atoms with Crippen LogP contribution >= 0.6 is 22.9 Å². The maximum Gasteiger partial charge on any atom is 0.277 e. The van der Waals surface area contributed by atoms with Gasteiger partial charge in [-0.2, -0.15) is 5.10 Å². The molecule has 0 saturated heterocycles. The summed E-state index contributed by atoms with van der Waals surface area (Å²) >= 11 is 7.19. The van der Waals surface area contributed by atoms with Crippen LogP contribution in [0, 0.1) is 0 Å². The van der Waals surface area contributed by atoms with Gasteiger partial charge in [0.25, 0.3) is 5.91 Å². The summed E-state index contributed by atoms with van der Waals surface area (Å²) < 4.78 is 6.19. The average molecular weight is 346 g/mol. The number of amides is 1. The molecule has 23 heavy (non-hydrogen) atoms. The summed E-state index contributed by atoms with van der Waals surface area (Å²) in [6.45, 7) is -0.141. The lowest BCUT2D eigenvalue weighted by Gasteiger charge is -2.07. The SMILES string of the molecule is O=C(COc1cccc2cccnc12)N/N=C\c1ccc(Cl)s1. The Labute approximate surface area is 141 Å². The van der Waals surface area contributed by atoms with Gasteiger partial charge in [-0.3, -0.25) is 9.78 Å². The summed E-state index contributed by atoms with van der Waals surface area (Å²) in [7, 11) is 0. The van der Waals surface area contributed by atoms with Gasteiger partial charge in [-0.15, -0.1) is 11.3 Å². The van der Waals surface area contributed by atoms with Crippen LogP contribution in [0.2, 0.25) is 4.34 Å². The molecule has 0 aliphatic rings. The predicted octanol–water partition coefficient (Wildman–Crippen LogP) is 3.48. The van der Waals surface area contributed by atoms with E-state index in [0.29, 0.717) is 10.1 Å². The predicted molar refractivity (Wildman–Crippen MR) is 92.3 cm³/mol. The third-order valence-corrected chi connectivity index (χ3v) is 4.10. The second-order valence-electron chi connectivity index (χ2n) is 4.56. The minimum atomic E-state index is -0.350. The van der Waals surface area contributed by atoms with Gasteiger partial charge < -0.3 is 4.74 Å². The molecule has 1 N–H and O–H groups in total. The maximum atomic E-state index is 11.8. The molecule has 2 heterocycles. The van der Waals surface area contributed by atoms with Gasteiger partial charge in [0.1, 0.15) is 11.3 Å². The number of para-hydroxylation sites is 1. The summed E-state index contributed by atoms with van der Waals surface area (Å²) in [6.07, 6.45) is 3.22. The third-order valence-electron chi connectivity index (χ3n) is 2.93. The van der Waals surface area contributed by atoms with Gasteiger partial charge in [-0.25, -0.2) is 5.43 Å². The van der Waals surface area contributed by atoms with Crippen molar-refractivity contribution in [1.82, 2.24) is 10.4 Å². The number of pyridine rings is 1. The molecule has 0 aliphatic heterocycles. The average Bonchev–Trinajstić information content (AvgIpc) is 2.98. The molecule has 0 spiro atoms. The molecule has 0 fully saturated rings. The molecular formula is C16H12ClN3O2S. The van der Waals surface area contributed by atoms with Crippen LogP contribution < -0.4 is 10.2 Å². The van der Waals surface area contributed by atoms with E-state index in [1.54, 1.807) is 18.3 Å². The number of benzene rings is 1. The molecule has 0 radical (unpaired) electrons. The van der Waals surface area contributed by atoms with Gasteiger partial charge in [0.2, 0.25) is 0 Å². The van der Waals surface area contributed by atoms with E-state index in [2.05, 4.69) is 15.5 Å². The number of carbonyl (C=O) groups is 1. The molecule has 2 aromatic heterocycles. The van der Waals surface area contributed by atoms with Gasteiger partial charge >= 0.3 is 0 Å². The van der Waals surface area contributed by atoms with Crippen LogP contribution in [-0.2, 0) is 4.79 Å². The highest BCUT2D eigenvalue weighted by Crippen LogP contribution is 2.22. The fourth-order valence-electron chi connectivity index (χ4n) is 1.93. The number of fused-ring (bicyclic) bond motifs is 1. The monoisotopic (exact) mass is 345 g/mol. The van der Waals surface area contributed by atoms with E-state index < -0.39 is 0 Å². The quantitative estimate of drug-likeness (QED) is 0.568. The molecule has 0 saturated carbocycles. The second-order valence-corrected chi connectivity index (χ2v) is 6.30. The Balaban J connectivity index is 1.57. The number of halogens is 1. The van der Waals surface area contributed by atoms with Crippen molar-refractivity contribution < 1.29 is 9.53 Å². The molecule has 3 aromatic rings. The van der Waals surface area contributed by atoms with Crippen LogP contribution in [0.1, 0.15) is 4.88 Å². The molecule has 7 heteroatoms. The highest BCUT2D eigenvalue weighted by Gasteiger charge is 2.06. The van der Waals surface area contributed by atoms with Crippen LogP contribution in [0.4, 0.5) is 0 Å². The van der Waals surface area contributed by atoms with E-state index in [0.717, 1.165) is 15.8 Å². The van der Waals surface area contributed by atoms with Gasteiger partial charge in [0, 0.05) is 16.5 Å². The molecule has 1 amide bonds. The molecule has 0 atom stereocenters. The molecule has 1 aromatic carbocycles. The zero-order valence-corrected chi connectivity index (χ0v) is 13.5. The Bertz CT molecular complexity index is 858. The van der Waals surface area contributed by atoms with Crippen molar-refractivity contribution in [3.63, 3.8) is 0 Å². The normalized spacial score (nSPS) is 11.0. The molecule has 116 valence electrons. The maximum absolute atomic E-state index is 11.8. The zero-order valence-electron chi connectivity index (χ0n) is 11.9. The van der Waals surface area contributed by atoms with Crippen molar-refractivity contribution in [3.05, 3.63) is 57.9 Å². The smallest absolute Gasteiger partial charge is 0.277 e. The minimum Gasteiger partial charge on any atom is -0.481 e. The van der Waals surface area contributed by atoms with Gasteiger partial charge in [-0.05, 0) is 24.3 Å². The summed E-state index contributed by atoms with van der Waals surface area (Å²) in [4.78, 5) is 16.9. The largest absolute Gasteiger partial charge is 0.481 e. The van der Waals surface area contributed by atoms with Crippen molar-refractivity contribution in [1.29, 1.82) is 0 Å². The number of nitrogens with one attached hydrogen (secondary N) is 1. The van der Waals surface area contributed by atoms with Crippen molar-refractivity contribution in [2.75, 3.05) is 6.61 Å². The van der Waals surface area contributed by atoms with Gasteiger partial charge in [0.15, 0.2) is 6.61 Å². The first-order valence-corrected chi connectivity index (χ1v) is 7.95. The van der Waals surface area contributed by atoms with Crippen LogP contribution in [0.25, 0.3) is 10.9 Å². The number of hydrogen-bond donors (Lipinski definition) is 1. The topological polar surface area (TPSA) is 63.6 Å². The van der Waals surface area contributed by atoms with E-state index in [-0.39, 0.29) is 12.5 Å². The highest BCUT2D eigenvalue weighted by atomic mass is 35.5. The number of hydrazone groups is 1. The Kier molecular flexibility index (Phi) is 4.85. The van der Waals surface area contributed by atoms with E-state index in [9.17, 15) is 4.79 Å². The summed E-state index contributed by atoms with van der Waals surface area (Å²) in [5.41, 5.74) is 3.13. The number of carbonyl (C=O) groups excluding carboxylic acids is 1. The number of ether oxygens (including phenoxy) is 1. The fraction of sp³-hybridized carbons (Fsp3) is 0.0625. The Hall–Kier alpha value is -2.44. The van der Waals surface area contributed by atoms with Crippen LogP contribution in [0.15, 0.2) is 53.8 Å². The number of hydrogen-bond acceptors (Lipinski definition) is 5. The van der Waals surface area contributed by atoms with Crippen LogP contribution in [0.3, 0.4) is 0 Å². The minimum absolute atomic E-state index is 0.141. The first-order valence-electron chi connectivity index (χ1n) is 6.76. The highest BCUT2D eigenvalue weighted by molar-refractivity contribution is 7.17. The standard InChI is InChI=1S/C16H12ClN3O2S/c17-14-7-6-12(23-14)9-19-20-15(21)10-22-13-5-1-3-11-4-2-8-18-16(11)13/h1-9H,10H2,(H,20,21)/b19-9-. The molecular weight excluding hydrogens is 334 g/mol. The fourth-order valence-corrected chi connectivity index (χ4v) is 2.87. The number of nitrogens with zero attached hydrogens (tertiary/aromatic N) is 2. The van der Waals surface area contributed by atoms with E-state index in [1.165, 1.54) is 17.6 Å². The van der Waals surface area contributed by atoms with Crippen molar-refractivity contribution >= 4 is 46.0 Å². The lowest BCUT2D eigenvalue weighted by atomic mass is 10.2. The Morgan fingerprint density at radius 3 is 3.00 bits per heavy atom. The molecule has 0 aliphatic carbocycles. The molecule has 0 bridgehead atoms. The summed E-state index contributed by atoms with van der Waals surface area (Å²) in [5, 5.41) is 4.82. The second kappa shape index (κ2) is 7.21. The van der Waals surface area contributed by atoms with Gasteiger partial charge in [0.05, 0.1) is 10.6 Å². The van der Waals surface area contributed by atoms with Crippen molar-refractivity contribution in [3.8, 4) is 5.75 Å². The first-order chi connectivity index (χ1) is 11.2. The van der Waals surface area contributed by atoms with Crippen LogP contribution in [-0.4, -0.2) is 23.7 Å². The number of rotatable bonds is 5. The molecule has 0 unspecified atom stereocenters. The Morgan fingerprint density at radius 2 is 2.17 bits per heavy atom. The summed E-state index contributed by atoms with van der Waals surface area (Å²) in [6, 6.07) is 12.9. The summed E-state index contributed by atoms with van der Waals surface area (Å²) in [5.74, 6) is 0.212. The van der Waals surface area contributed by atoms with E-state index in [1.807, 2.05) is 30.3 Å². The third kappa shape index (κ3) is 4.06. The van der Waals surface area contributed by atoms with Crippen molar-refractivity contribution in [2.24, 2.45) is 5.10 Å². The first kappa shape index (κ1) is 15.5. The van der Waals surface area contributed by atoms with Crippen molar-refractivity contribution in [2.45, 2.75) is 0 Å². The molecule has 5 nitrogen and oxygen atoms in total.